The van der Waals surface area contributed by atoms with Crippen molar-refractivity contribution in [2.75, 3.05) is 37.7 Å². The lowest BCUT2D eigenvalue weighted by Gasteiger charge is -2.37. The summed E-state index contributed by atoms with van der Waals surface area (Å²) >= 11 is 0. The molecule has 7 nitrogen and oxygen atoms in total. The summed E-state index contributed by atoms with van der Waals surface area (Å²) in [6, 6.07) is 9.29. The number of likely N-dealkylation sites (tertiary alicyclic amines) is 1. The quantitative estimate of drug-likeness (QED) is 0.878. The molecule has 7 heteroatoms. The van der Waals surface area contributed by atoms with Gasteiger partial charge >= 0.3 is 6.03 Å². The number of benzene rings is 1. The van der Waals surface area contributed by atoms with E-state index in [2.05, 4.69) is 5.32 Å². The molecule has 0 radical (unpaired) electrons. The number of para-hydroxylation sites is 1. The molecule has 1 spiro atoms. The predicted molar refractivity (Wildman–Crippen MR) is 91.2 cm³/mol. The second-order valence-corrected chi connectivity index (χ2v) is 6.79. The first-order chi connectivity index (χ1) is 12.2. The lowest BCUT2D eigenvalue weighted by molar-refractivity contribution is -0.181. The molecule has 134 valence electrons. The van der Waals surface area contributed by atoms with Crippen LogP contribution in [0, 0.1) is 0 Å². The van der Waals surface area contributed by atoms with Crippen molar-refractivity contribution in [3.8, 4) is 0 Å². The van der Waals surface area contributed by atoms with E-state index < -0.39 is 5.79 Å². The first kappa shape index (κ1) is 16.4. The molecule has 25 heavy (non-hydrogen) atoms. The number of amides is 3. The van der Waals surface area contributed by atoms with Gasteiger partial charge in [-0.25, -0.2) is 4.79 Å². The van der Waals surface area contributed by atoms with Crippen molar-refractivity contribution in [3.63, 3.8) is 0 Å². The number of carbonyl (C=O) groups excluding carboxylic acids is 2. The molecule has 0 aromatic heterocycles. The molecule has 3 fully saturated rings. The van der Waals surface area contributed by atoms with Crippen LogP contribution in [-0.4, -0.2) is 61.5 Å². The molecule has 1 aromatic carbocycles. The number of hydrogen-bond acceptors (Lipinski definition) is 4. The van der Waals surface area contributed by atoms with Gasteiger partial charge in [-0.05, 0) is 12.1 Å². The van der Waals surface area contributed by atoms with Crippen LogP contribution in [0.3, 0.4) is 0 Å². The van der Waals surface area contributed by atoms with Crippen LogP contribution in [0.25, 0.3) is 0 Å². The smallest absolute Gasteiger partial charge is 0.317 e. The van der Waals surface area contributed by atoms with E-state index in [1.54, 1.807) is 9.80 Å². The third kappa shape index (κ3) is 3.34. The highest BCUT2D eigenvalue weighted by atomic mass is 16.7. The zero-order chi connectivity index (χ0) is 17.3. The molecule has 3 amide bonds. The second-order valence-electron chi connectivity index (χ2n) is 6.79. The largest absolute Gasteiger partial charge is 0.347 e. The minimum atomic E-state index is -0.482. The van der Waals surface area contributed by atoms with Crippen LogP contribution in [0.1, 0.15) is 19.3 Å². The summed E-state index contributed by atoms with van der Waals surface area (Å²) in [4.78, 5) is 28.3. The monoisotopic (exact) mass is 345 g/mol. The van der Waals surface area contributed by atoms with Gasteiger partial charge in [0, 0.05) is 44.6 Å². The molecule has 3 aliphatic heterocycles. The number of anilines is 1. The van der Waals surface area contributed by atoms with Crippen molar-refractivity contribution < 1.29 is 19.1 Å². The molecule has 1 aromatic rings. The van der Waals surface area contributed by atoms with E-state index in [-0.39, 0.29) is 18.0 Å². The van der Waals surface area contributed by atoms with E-state index in [1.165, 1.54) is 0 Å². The van der Waals surface area contributed by atoms with Crippen molar-refractivity contribution in [2.24, 2.45) is 0 Å². The molecule has 3 saturated heterocycles. The van der Waals surface area contributed by atoms with Gasteiger partial charge in [-0.2, -0.15) is 0 Å². The molecule has 3 aliphatic rings. The minimum Gasteiger partial charge on any atom is -0.347 e. The fourth-order valence-electron chi connectivity index (χ4n) is 3.76. The first-order valence-electron chi connectivity index (χ1n) is 8.84. The number of ether oxygens (including phenoxy) is 2. The van der Waals surface area contributed by atoms with Gasteiger partial charge in [0.15, 0.2) is 5.79 Å². The summed E-state index contributed by atoms with van der Waals surface area (Å²) in [5.41, 5.74) is 0.875. The molecule has 0 saturated carbocycles. The summed E-state index contributed by atoms with van der Waals surface area (Å²) in [6.07, 6.45) is 1.73. The van der Waals surface area contributed by atoms with Crippen LogP contribution in [0.4, 0.5) is 10.5 Å². The van der Waals surface area contributed by atoms with Gasteiger partial charge in [0.1, 0.15) is 0 Å². The van der Waals surface area contributed by atoms with Crippen molar-refractivity contribution in [3.05, 3.63) is 30.3 Å². The van der Waals surface area contributed by atoms with Gasteiger partial charge in [-0.3, -0.25) is 4.79 Å². The average Bonchev–Trinajstić information content (AvgIpc) is 3.23. The highest BCUT2D eigenvalue weighted by Crippen LogP contribution is 2.31. The van der Waals surface area contributed by atoms with Gasteiger partial charge in [-0.1, -0.05) is 18.2 Å². The van der Waals surface area contributed by atoms with Crippen molar-refractivity contribution >= 4 is 17.6 Å². The van der Waals surface area contributed by atoms with Crippen LogP contribution in [0.15, 0.2) is 30.3 Å². The Balaban J connectivity index is 1.31. The fourth-order valence-corrected chi connectivity index (χ4v) is 3.76. The maximum Gasteiger partial charge on any atom is 0.317 e. The minimum absolute atomic E-state index is 0.0434. The zero-order valence-electron chi connectivity index (χ0n) is 14.1. The van der Waals surface area contributed by atoms with E-state index in [0.29, 0.717) is 52.1 Å². The molecule has 0 bridgehead atoms. The van der Waals surface area contributed by atoms with E-state index in [0.717, 1.165) is 5.69 Å². The van der Waals surface area contributed by atoms with E-state index in [9.17, 15) is 9.59 Å². The Morgan fingerprint density at radius 3 is 2.48 bits per heavy atom. The first-order valence-corrected chi connectivity index (χ1v) is 8.84. The number of nitrogens with one attached hydrogen (secondary N) is 1. The summed E-state index contributed by atoms with van der Waals surface area (Å²) in [5.74, 6) is -0.439. The fraction of sp³-hybridized carbons (Fsp3) is 0.556. The lowest BCUT2D eigenvalue weighted by Crippen LogP contribution is -2.52. The summed E-state index contributed by atoms with van der Waals surface area (Å²) < 4.78 is 11.4. The van der Waals surface area contributed by atoms with Gasteiger partial charge in [0.2, 0.25) is 5.91 Å². The Morgan fingerprint density at radius 1 is 1.12 bits per heavy atom. The Hall–Kier alpha value is -2.12. The van der Waals surface area contributed by atoms with Crippen LogP contribution in [0.2, 0.25) is 0 Å². The molecular formula is C18H23N3O4. The molecule has 1 unspecified atom stereocenters. The second kappa shape index (κ2) is 6.65. The van der Waals surface area contributed by atoms with Gasteiger partial charge in [0.25, 0.3) is 0 Å². The number of piperidine rings is 1. The molecule has 1 atom stereocenters. The van der Waals surface area contributed by atoms with Gasteiger partial charge in [0.05, 0.1) is 19.3 Å². The van der Waals surface area contributed by atoms with Crippen LogP contribution in [-0.2, 0) is 14.3 Å². The number of urea groups is 1. The molecular weight excluding hydrogens is 322 g/mol. The summed E-state index contributed by atoms with van der Waals surface area (Å²) in [7, 11) is 0. The van der Waals surface area contributed by atoms with Crippen molar-refractivity contribution in [2.45, 2.75) is 31.1 Å². The predicted octanol–water partition coefficient (Wildman–Crippen LogP) is 1.34. The van der Waals surface area contributed by atoms with Gasteiger partial charge < -0.3 is 24.6 Å². The maximum atomic E-state index is 12.5. The van der Waals surface area contributed by atoms with E-state index in [1.807, 2.05) is 30.3 Å². The number of nitrogens with zero attached hydrogens (tertiary/aromatic N) is 2. The summed E-state index contributed by atoms with van der Waals surface area (Å²) in [5, 5.41) is 3.00. The molecule has 0 aliphatic carbocycles. The van der Waals surface area contributed by atoms with Crippen LogP contribution >= 0.6 is 0 Å². The standard InChI is InChI=1S/C18H23N3O4/c22-16-12-14(13-21(16)15-4-2-1-3-5-15)19-17(23)20-8-6-18(7-9-20)24-10-11-25-18/h1-5,14H,6-13H2,(H,19,23). The Bertz CT molecular complexity index is 635. The number of hydrogen-bond donors (Lipinski definition) is 1. The Labute approximate surface area is 146 Å². The highest BCUT2D eigenvalue weighted by molar-refractivity contribution is 5.96. The molecule has 4 rings (SSSR count). The number of carbonyl (C=O) groups is 2. The third-order valence-corrected chi connectivity index (χ3v) is 5.15. The topological polar surface area (TPSA) is 71.1 Å². The van der Waals surface area contributed by atoms with Gasteiger partial charge in [-0.15, -0.1) is 0 Å². The van der Waals surface area contributed by atoms with E-state index in [4.69, 9.17) is 9.47 Å². The zero-order valence-corrected chi connectivity index (χ0v) is 14.1. The van der Waals surface area contributed by atoms with Crippen molar-refractivity contribution in [1.82, 2.24) is 10.2 Å². The molecule has 1 N–H and O–H groups in total. The Kier molecular flexibility index (Phi) is 4.35. The SMILES string of the molecule is O=C(NC1CC(=O)N(c2ccccc2)C1)N1CCC2(CC1)OCCO2. The number of rotatable bonds is 2. The third-order valence-electron chi connectivity index (χ3n) is 5.15. The maximum absolute atomic E-state index is 12.5. The highest BCUT2D eigenvalue weighted by Gasteiger charge is 2.41. The van der Waals surface area contributed by atoms with Crippen LogP contribution < -0.4 is 10.2 Å². The Morgan fingerprint density at radius 2 is 1.80 bits per heavy atom. The lowest BCUT2D eigenvalue weighted by atomic mass is 10.0. The normalized spacial score (nSPS) is 25.6. The van der Waals surface area contributed by atoms with Crippen LogP contribution in [0.5, 0.6) is 0 Å². The average molecular weight is 345 g/mol. The summed E-state index contributed by atoms with van der Waals surface area (Å²) in [6.45, 7) is 2.99. The molecule has 3 heterocycles. The van der Waals surface area contributed by atoms with Crippen molar-refractivity contribution in [1.29, 1.82) is 0 Å². The van der Waals surface area contributed by atoms with E-state index >= 15 is 0 Å².